The van der Waals surface area contributed by atoms with Gasteiger partial charge < -0.3 is 11.1 Å². The summed E-state index contributed by atoms with van der Waals surface area (Å²) in [6.45, 7) is 7.37. The number of nitro groups is 1. The van der Waals surface area contributed by atoms with E-state index < -0.39 is 10.3 Å². The second kappa shape index (κ2) is 6.00. The van der Waals surface area contributed by atoms with Crippen molar-refractivity contribution in [3.8, 4) is 0 Å². The molecule has 1 unspecified atom stereocenters. The van der Waals surface area contributed by atoms with E-state index in [9.17, 15) is 14.9 Å². The molecule has 0 radical (unpaired) electrons. The van der Waals surface area contributed by atoms with Crippen LogP contribution in [-0.4, -0.2) is 17.4 Å². The number of anilines is 1. The van der Waals surface area contributed by atoms with Crippen molar-refractivity contribution in [2.75, 3.05) is 11.9 Å². The zero-order valence-corrected chi connectivity index (χ0v) is 12.3. The average Bonchev–Trinajstić information content (AvgIpc) is 2.40. The number of nitrogens with two attached hydrogens (primary N) is 1. The van der Waals surface area contributed by atoms with Crippen LogP contribution in [0.25, 0.3) is 0 Å². The van der Waals surface area contributed by atoms with Crippen LogP contribution in [0.4, 0.5) is 11.4 Å². The molecule has 0 aliphatic heterocycles. The van der Waals surface area contributed by atoms with Crippen LogP contribution >= 0.6 is 0 Å². The van der Waals surface area contributed by atoms with Crippen LogP contribution in [0.15, 0.2) is 12.1 Å². The maximum absolute atomic E-state index is 12.3. The molecule has 1 aromatic carbocycles. The van der Waals surface area contributed by atoms with E-state index in [1.807, 2.05) is 6.92 Å². The van der Waals surface area contributed by atoms with Crippen LogP contribution < -0.4 is 11.1 Å². The van der Waals surface area contributed by atoms with Crippen molar-refractivity contribution >= 4 is 17.3 Å². The fourth-order valence-electron chi connectivity index (χ4n) is 1.84. The van der Waals surface area contributed by atoms with Gasteiger partial charge in [0.1, 0.15) is 0 Å². The van der Waals surface area contributed by atoms with Gasteiger partial charge in [-0.05, 0) is 38.8 Å². The summed E-state index contributed by atoms with van der Waals surface area (Å²) in [5, 5.41) is 13.7. The lowest BCUT2D eigenvalue weighted by atomic mass is 9.86. The molecule has 0 bridgehead atoms. The first kappa shape index (κ1) is 16.1. The van der Waals surface area contributed by atoms with E-state index in [4.69, 9.17) is 5.73 Å². The Bertz CT molecular complexity index is 537. The summed E-state index contributed by atoms with van der Waals surface area (Å²) in [6, 6.07) is 3.09. The van der Waals surface area contributed by atoms with Crippen molar-refractivity contribution in [3.05, 3.63) is 33.4 Å². The third-order valence-electron chi connectivity index (χ3n) is 3.77. The van der Waals surface area contributed by atoms with Crippen LogP contribution in [-0.2, 0) is 4.79 Å². The number of nitrogens with one attached hydrogen (secondary N) is 1. The summed E-state index contributed by atoms with van der Waals surface area (Å²) in [5.41, 5.74) is 6.79. The monoisotopic (exact) mass is 279 g/mol. The summed E-state index contributed by atoms with van der Waals surface area (Å²) >= 11 is 0. The molecule has 0 saturated heterocycles. The Morgan fingerprint density at radius 3 is 2.45 bits per heavy atom. The van der Waals surface area contributed by atoms with Crippen molar-refractivity contribution < 1.29 is 9.72 Å². The van der Waals surface area contributed by atoms with Gasteiger partial charge in [0.05, 0.1) is 16.0 Å². The predicted octanol–water partition coefficient (Wildman–Crippen LogP) is 2.53. The van der Waals surface area contributed by atoms with E-state index in [1.165, 1.54) is 6.07 Å². The topological polar surface area (TPSA) is 98.3 Å². The molecule has 110 valence electrons. The van der Waals surface area contributed by atoms with E-state index in [0.29, 0.717) is 17.7 Å². The van der Waals surface area contributed by atoms with E-state index in [-0.39, 0.29) is 18.1 Å². The van der Waals surface area contributed by atoms with Crippen LogP contribution in [0.3, 0.4) is 0 Å². The van der Waals surface area contributed by atoms with Gasteiger partial charge in [-0.3, -0.25) is 14.9 Å². The smallest absolute Gasteiger partial charge is 0.274 e. The van der Waals surface area contributed by atoms with E-state index >= 15 is 0 Å². The first-order chi connectivity index (χ1) is 9.25. The molecule has 1 rings (SSSR count). The lowest BCUT2D eigenvalue weighted by Crippen LogP contribution is -2.39. The number of amides is 1. The Hall–Kier alpha value is -1.95. The van der Waals surface area contributed by atoms with Crippen molar-refractivity contribution in [1.82, 2.24) is 0 Å². The standard InChI is InChI=1S/C14H21N3O3/c1-5-14(4,8-15)13(18)16-11-7-12(17(19)20)10(3)6-9(11)2/h6-7H,5,8,15H2,1-4H3,(H,16,18). The van der Waals surface area contributed by atoms with Gasteiger partial charge in [0.2, 0.25) is 5.91 Å². The number of hydrogen-bond donors (Lipinski definition) is 2. The number of hydrogen-bond acceptors (Lipinski definition) is 4. The maximum atomic E-state index is 12.3. The van der Waals surface area contributed by atoms with E-state index in [2.05, 4.69) is 5.32 Å². The third-order valence-corrected chi connectivity index (χ3v) is 3.77. The largest absolute Gasteiger partial charge is 0.329 e. The molecule has 0 fully saturated rings. The van der Waals surface area contributed by atoms with Gasteiger partial charge in [-0.15, -0.1) is 0 Å². The average molecular weight is 279 g/mol. The van der Waals surface area contributed by atoms with Crippen LogP contribution in [0.1, 0.15) is 31.4 Å². The molecule has 6 nitrogen and oxygen atoms in total. The zero-order chi connectivity index (χ0) is 15.5. The summed E-state index contributed by atoms with van der Waals surface area (Å²) in [6.07, 6.45) is 0.600. The second-order valence-corrected chi connectivity index (χ2v) is 5.28. The molecule has 0 heterocycles. The van der Waals surface area contributed by atoms with E-state index in [0.717, 1.165) is 5.56 Å². The molecular formula is C14H21N3O3. The normalized spacial score (nSPS) is 13.7. The molecule has 1 atom stereocenters. The minimum absolute atomic E-state index is 0.00292. The molecule has 0 aromatic heterocycles. The van der Waals surface area contributed by atoms with Gasteiger partial charge in [0, 0.05) is 18.2 Å². The lowest BCUT2D eigenvalue weighted by Gasteiger charge is -2.25. The second-order valence-electron chi connectivity index (χ2n) is 5.28. The number of carbonyl (C=O) groups excluding carboxylic acids is 1. The summed E-state index contributed by atoms with van der Waals surface area (Å²) in [7, 11) is 0. The van der Waals surface area contributed by atoms with Gasteiger partial charge in [0.15, 0.2) is 0 Å². The molecule has 20 heavy (non-hydrogen) atoms. The number of rotatable bonds is 5. The Labute approximate surface area is 118 Å². The number of nitrogens with zero attached hydrogens (tertiary/aromatic N) is 1. The number of carbonyl (C=O) groups is 1. The fraction of sp³-hybridized carbons (Fsp3) is 0.500. The first-order valence-corrected chi connectivity index (χ1v) is 6.52. The van der Waals surface area contributed by atoms with Crippen molar-refractivity contribution in [2.45, 2.75) is 34.1 Å². The van der Waals surface area contributed by atoms with Crippen LogP contribution in [0.2, 0.25) is 0 Å². The third kappa shape index (κ3) is 3.14. The van der Waals surface area contributed by atoms with Crippen LogP contribution in [0, 0.1) is 29.4 Å². The van der Waals surface area contributed by atoms with Gasteiger partial charge in [0.25, 0.3) is 5.69 Å². The Morgan fingerprint density at radius 1 is 1.40 bits per heavy atom. The molecule has 3 N–H and O–H groups in total. The number of benzene rings is 1. The highest BCUT2D eigenvalue weighted by atomic mass is 16.6. The highest BCUT2D eigenvalue weighted by Gasteiger charge is 2.30. The number of nitro benzene ring substituents is 1. The van der Waals surface area contributed by atoms with Gasteiger partial charge in [-0.25, -0.2) is 0 Å². The minimum atomic E-state index is -0.674. The van der Waals surface area contributed by atoms with Gasteiger partial charge in [-0.1, -0.05) is 6.92 Å². The summed E-state index contributed by atoms with van der Waals surface area (Å²) < 4.78 is 0. The van der Waals surface area contributed by atoms with Crippen molar-refractivity contribution in [2.24, 2.45) is 11.1 Å². The maximum Gasteiger partial charge on any atom is 0.274 e. The predicted molar refractivity (Wildman–Crippen MR) is 78.7 cm³/mol. The van der Waals surface area contributed by atoms with Gasteiger partial charge in [-0.2, -0.15) is 0 Å². The quantitative estimate of drug-likeness (QED) is 0.639. The highest BCUT2D eigenvalue weighted by molar-refractivity contribution is 5.96. The SMILES string of the molecule is CCC(C)(CN)C(=O)Nc1cc([N+](=O)[O-])c(C)cc1C. The van der Waals surface area contributed by atoms with Crippen LogP contribution in [0.5, 0.6) is 0 Å². The molecule has 1 aromatic rings. The lowest BCUT2D eigenvalue weighted by molar-refractivity contribution is -0.385. The molecule has 0 aliphatic carbocycles. The molecular weight excluding hydrogens is 258 g/mol. The zero-order valence-electron chi connectivity index (χ0n) is 12.3. The molecule has 1 amide bonds. The first-order valence-electron chi connectivity index (χ1n) is 6.52. The highest BCUT2D eigenvalue weighted by Crippen LogP contribution is 2.28. The summed E-state index contributed by atoms with van der Waals surface area (Å²) in [5.74, 6) is -0.219. The molecule has 6 heteroatoms. The van der Waals surface area contributed by atoms with Crippen molar-refractivity contribution in [3.63, 3.8) is 0 Å². The molecule has 0 spiro atoms. The Kier molecular flexibility index (Phi) is 4.83. The van der Waals surface area contributed by atoms with Crippen molar-refractivity contribution in [1.29, 1.82) is 0 Å². The molecule has 0 saturated carbocycles. The number of aryl methyl sites for hydroxylation is 2. The summed E-state index contributed by atoms with van der Waals surface area (Å²) in [4.78, 5) is 22.8. The fourth-order valence-corrected chi connectivity index (χ4v) is 1.84. The Morgan fingerprint density at radius 2 is 2.00 bits per heavy atom. The van der Waals surface area contributed by atoms with E-state index in [1.54, 1.807) is 26.8 Å². The molecule has 0 aliphatic rings. The Balaban J connectivity index is 3.13. The van der Waals surface area contributed by atoms with Gasteiger partial charge >= 0.3 is 0 Å². The minimum Gasteiger partial charge on any atom is -0.329 e.